The van der Waals surface area contributed by atoms with Crippen molar-refractivity contribution in [3.63, 3.8) is 0 Å². The lowest BCUT2D eigenvalue weighted by Crippen LogP contribution is -2.45. The van der Waals surface area contributed by atoms with Crippen molar-refractivity contribution in [3.8, 4) is 0 Å². The van der Waals surface area contributed by atoms with Gasteiger partial charge in [0.05, 0.1) is 5.69 Å². The zero-order valence-corrected chi connectivity index (χ0v) is 11.9. The summed E-state index contributed by atoms with van der Waals surface area (Å²) in [6.07, 6.45) is 8.42. The lowest BCUT2D eigenvalue weighted by molar-refractivity contribution is 0.166. The predicted octanol–water partition coefficient (Wildman–Crippen LogP) is 2.36. The molecule has 0 amide bonds. The first-order chi connectivity index (χ1) is 9.36. The fourth-order valence-corrected chi connectivity index (χ4v) is 3.60. The Hall–Kier alpha value is -0.930. The second-order valence-electron chi connectivity index (χ2n) is 5.90. The molecule has 3 heterocycles. The Morgan fingerprint density at radius 2 is 2.32 bits per heavy atom. The molecular weight excluding hydrogens is 234 g/mol. The van der Waals surface area contributed by atoms with Gasteiger partial charge in [-0.15, -0.1) is 0 Å². The van der Waals surface area contributed by atoms with Crippen molar-refractivity contribution in [2.45, 2.75) is 57.7 Å². The molecule has 1 N–H and O–H groups in total. The molecule has 0 spiro atoms. The second kappa shape index (κ2) is 6.02. The SMILES string of the molecule is CCc1cccnc1CNC1CCN2CCCC2C1. The van der Waals surface area contributed by atoms with Crippen LogP contribution in [0.2, 0.25) is 0 Å². The molecule has 0 aliphatic carbocycles. The lowest BCUT2D eigenvalue weighted by Gasteiger charge is -2.35. The molecule has 0 radical (unpaired) electrons. The summed E-state index contributed by atoms with van der Waals surface area (Å²) in [4.78, 5) is 7.20. The van der Waals surface area contributed by atoms with Crippen molar-refractivity contribution < 1.29 is 0 Å². The van der Waals surface area contributed by atoms with Crippen molar-refractivity contribution in [2.24, 2.45) is 0 Å². The van der Waals surface area contributed by atoms with Gasteiger partial charge in [0.2, 0.25) is 0 Å². The van der Waals surface area contributed by atoms with E-state index < -0.39 is 0 Å². The molecule has 3 nitrogen and oxygen atoms in total. The minimum absolute atomic E-state index is 0.686. The molecule has 2 saturated heterocycles. The van der Waals surface area contributed by atoms with Crippen LogP contribution >= 0.6 is 0 Å². The molecule has 104 valence electrons. The lowest BCUT2D eigenvalue weighted by atomic mass is 9.97. The average Bonchev–Trinajstić information content (AvgIpc) is 2.93. The van der Waals surface area contributed by atoms with Crippen LogP contribution in [-0.2, 0) is 13.0 Å². The minimum Gasteiger partial charge on any atom is -0.308 e. The summed E-state index contributed by atoms with van der Waals surface area (Å²) in [6.45, 7) is 5.75. The smallest absolute Gasteiger partial charge is 0.0573 e. The van der Waals surface area contributed by atoms with E-state index in [1.54, 1.807) is 0 Å². The van der Waals surface area contributed by atoms with E-state index in [0.717, 1.165) is 19.0 Å². The number of rotatable bonds is 4. The highest BCUT2D eigenvalue weighted by Crippen LogP contribution is 2.26. The van der Waals surface area contributed by atoms with Gasteiger partial charge < -0.3 is 10.2 Å². The van der Waals surface area contributed by atoms with E-state index >= 15 is 0 Å². The highest BCUT2D eigenvalue weighted by Gasteiger charge is 2.31. The van der Waals surface area contributed by atoms with Crippen LogP contribution in [0.1, 0.15) is 43.9 Å². The van der Waals surface area contributed by atoms with E-state index in [1.165, 1.54) is 50.0 Å². The van der Waals surface area contributed by atoms with Crippen LogP contribution in [0.15, 0.2) is 18.3 Å². The maximum Gasteiger partial charge on any atom is 0.0573 e. The van der Waals surface area contributed by atoms with Crippen LogP contribution < -0.4 is 5.32 Å². The highest BCUT2D eigenvalue weighted by atomic mass is 15.2. The second-order valence-corrected chi connectivity index (χ2v) is 5.90. The molecule has 1 aromatic rings. The average molecular weight is 259 g/mol. The maximum atomic E-state index is 4.53. The fraction of sp³-hybridized carbons (Fsp3) is 0.688. The van der Waals surface area contributed by atoms with Gasteiger partial charge in [-0.3, -0.25) is 4.98 Å². The normalized spacial score (nSPS) is 27.4. The Kier molecular flexibility index (Phi) is 4.14. The molecule has 2 unspecified atom stereocenters. The summed E-state index contributed by atoms with van der Waals surface area (Å²) in [7, 11) is 0. The van der Waals surface area contributed by atoms with Gasteiger partial charge in [0, 0.05) is 24.8 Å². The van der Waals surface area contributed by atoms with Crippen LogP contribution in [0.4, 0.5) is 0 Å². The number of pyridine rings is 1. The largest absolute Gasteiger partial charge is 0.308 e. The van der Waals surface area contributed by atoms with Gasteiger partial charge in [-0.2, -0.15) is 0 Å². The highest BCUT2D eigenvalue weighted by molar-refractivity contribution is 5.19. The Morgan fingerprint density at radius 3 is 3.21 bits per heavy atom. The molecule has 3 rings (SSSR count). The summed E-state index contributed by atoms with van der Waals surface area (Å²) in [6, 6.07) is 5.77. The van der Waals surface area contributed by atoms with Crippen molar-refractivity contribution in [3.05, 3.63) is 29.6 Å². The summed E-state index contributed by atoms with van der Waals surface area (Å²) in [5, 5.41) is 3.74. The Balaban J connectivity index is 1.54. The Bertz CT molecular complexity index is 418. The molecule has 19 heavy (non-hydrogen) atoms. The molecule has 2 aliphatic heterocycles. The minimum atomic E-state index is 0.686. The van der Waals surface area contributed by atoms with Gasteiger partial charge >= 0.3 is 0 Å². The number of piperidine rings is 1. The number of hydrogen-bond donors (Lipinski definition) is 1. The third kappa shape index (κ3) is 2.98. The summed E-state index contributed by atoms with van der Waals surface area (Å²) < 4.78 is 0. The van der Waals surface area contributed by atoms with Crippen LogP contribution in [0.3, 0.4) is 0 Å². The van der Waals surface area contributed by atoms with Crippen molar-refractivity contribution in [2.75, 3.05) is 13.1 Å². The maximum absolute atomic E-state index is 4.53. The van der Waals surface area contributed by atoms with Gasteiger partial charge in [0.1, 0.15) is 0 Å². The summed E-state index contributed by atoms with van der Waals surface area (Å²) in [5.74, 6) is 0. The number of hydrogen-bond acceptors (Lipinski definition) is 3. The number of aryl methyl sites for hydroxylation is 1. The van der Waals surface area contributed by atoms with E-state index in [-0.39, 0.29) is 0 Å². The fourth-order valence-electron chi connectivity index (χ4n) is 3.60. The van der Waals surface area contributed by atoms with Crippen molar-refractivity contribution in [1.82, 2.24) is 15.2 Å². The molecule has 1 aromatic heterocycles. The van der Waals surface area contributed by atoms with Crippen LogP contribution in [-0.4, -0.2) is 35.1 Å². The molecule has 0 aromatic carbocycles. The van der Waals surface area contributed by atoms with Gasteiger partial charge in [-0.1, -0.05) is 13.0 Å². The summed E-state index contributed by atoms with van der Waals surface area (Å²) in [5.41, 5.74) is 2.62. The van der Waals surface area contributed by atoms with Crippen molar-refractivity contribution >= 4 is 0 Å². The van der Waals surface area contributed by atoms with E-state index in [1.807, 2.05) is 12.3 Å². The van der Waals surface area contributed by atoms with Crippen LogP contribution in [0, 0.1) is 0 Å². The van der Waals surface area contributed by atoms with E-state index in [2.05, 4.69) is 28.2 Å². The third-order valence-corrected chi connectivity index (χ3v) is 4.74. The van der Waals surface area contributed by atoms with Gasteiger partial charge in [-0.05, 0) is 56.8 Å². The quantitative estimate of drug-likeness (QED) is 0.899. The molecule has 0 bridgehead atoms. The molecule has 2 aliphatic rings. The number of nitrogens with zero attached hydrogens (tertiary/aromatic N) is 2. The summed E-state index contributed by atoms with van der Waals surface area (Å²) >= 11 is 0. The molecule has 2 atom stereocenters. The predicted molar refractivity (Wildman–Crippen MR) is 78.1 cm³/mol. The molecule has 3 heteroatoms. The van der Waals surface area contributed by atoms with Gasteiger partial charge in [-0.25, -0.2) is 0 Å². The first kappa shape index (κ1) is 13.1. The van der Waals surface area contributed by atoms with Gasteiger partial charge in [0.25, 0.3) is 0 Å². The zero-order chi connectivity index (χ0) is 13.1. The topological polar surface area (TPSA) is 28.2 Å². The van der Waals surface area contributed by atoms with E-state index in [4.69, 9.17) is 0 Å². The number of nitrogens with one attached hydrogen (secondary N) is 1. The molecule has 2 fully saturated rings. The number of aromatic nitrogens is 1. The van der Waals surface area contributed by atoms with Gasteiger partial charge in [0.15, 0.2) is 0 Å². The monoisotopic (exact) mass is 259 g/mol. The third-order valence-electron chi connectivity index (χ3n) is 4.74. The first-order valence-electron chi connectivity index (χ1n) is 7.77. The standard InChI is InChI=1S/C16H25N3/c1-2-13-5-3-8-17-16(13)12-18-14-7-10-19-9-4-6-15(19)11-14/h3,5,8,14-15,18H,2,4,6-7,9-12H2,1H3. The van der Waals surface area contributed by atoms with Crippen LogP contribution in [0.5, 0.6) is 0 Å². The molecular formula is C16H25N3. The molecule has 0 saturated carbocycles. The van der Waals surface area contributed by atoms with E-state index in [0.29, 0.717) is 6.04 Å². The van der Waals surface area contributed by atoms with Crippen LogP contribution in [0.25, 0.3) is 0 Å². The Labute approximate surface area is 116 Å². The van der Waals surface area contributed by atoms with E-state index in [9.17, 15) is 0 Å². The Morgan fingerprint density at radius 1 is 1.37 bits per heavy atom. The zero-order valence-electron chi connectivity index (χ0n) is 11.9. The first-order valence-corrected chi connectivity index (χ1v) is 7.77. The van der Waals surface area contributed by atoms with Crippen molar-refractivity contribution in [1.29, 1.82) is 0 Å². The number of fused-ring (bicyclic) bond motifs is 1.